The van der Waals surface area contributed by atoms with Gasteiger partial charge in [-0.05, 0) is 11.5 Å². The third-order valence-corrected chi connectivity index (χ3v) is 1.94. The molecule has 4 heteroatoms. The van der Waals surface area contributed by atoms with Crippen LogP contribution in [-0.4, -0.2) is 3.96 Å². The van der Waals surface area contributed by atoms with Crippen LogP contribution in [0.3, 0.4) is 0 Å². The van der Waals surface area contributed by atoms with Gasteiger partial charge >= 0.3 is 0 Å². The van der Waals surface area contributed by atoms with Gasteiger partial charge in [0.05, 0.1) is 0 Å². The lowest BCUT2D eigenvalue weighted by molar-refractivity contribution is 1.23. The second kappa shape index (κ2) is 2.37. The Kier molecular flexibility index (Phi) is 1.73. The van der Waals surface area contributed by atoms with E-state index in [-0.39, 0.29) is 5.56 Å². The first kappa shape index (κ1) is 6.58. The van der Waals surface area contributed by atoms with Gasteiger partial charge < -0.3 is 0 Å². The highest BCUT2D eigenvalue weighted by atomic mass is 35.5. The molecule has 0 fully saturated rings. The largest absolute Gasteiger partial charge is 0.268 e. The molecule has 2 nitrogen and oxygen atoms in total. The minimum Gasteiger partial charge on any atom is -0.268 e. The van der Waals surface area contributed by atoms with Gasteiger partial charge in [0.2, 0.25) is 0 Å². The standard InChI is InChI=1S/C5H4ClNOS/c1-2-7-5(8)3-4(6)9-7/h2-3H,1H2. The predicted molar refractivity (Wildman–Crippen MR) is 40.0 cm³/mol. The molecule has 0 aliphatic heterocycles. The van der Waals surface area contributed by atoms with Crippen molar-refractivity contribution >= 4 is 29.3 Å². The van der Waals surface area contributed by atoms with Gasteiger partial charge in [-0.1, -0.05) is 18.2 Å². The van der Waals surface area contributed by atoms with Gasteiger partial charge in [-0.2, -0.15) is 0 Å². The van der Waals surface area contributed by atoms with E-state index in [4.69, 9.17) is 11.6 Å². The zero-order valence-electron chi connectivity index (χ0n) is 4.50. The summed E-state index contributed by atoms with van der Waals surface area (Å²) in [4.78, 5) is 10.7. The van der Waals surface area contributed by atoms with E-state index in [1.807, 2.05) is 0 Å². The molecule has 0 aromatic carbocycles. The molecule has 0 unspecified atom stereocenters. The van der Waals surface area contributed by atoms with E-state index < -0.39 is 0 Å². The molecule has 48 valence electrons. The molecular formula is C5H4ClNOS. The average molecular weight is 162 g/mol. The fourth-order valence-electron chi connectivity index (χ4n) is 0.453. The van der Waals surface area contributed by atoms with Crippen LogP contribution in [0.15, 0.2) is 17.4 Å². The number of rotatable bonds is 1. The Hall–Kier alpha value is -0.540. The summed E-state index contributed by atoms with van der Waals surface area (Å²) in [5, 5.41) is 0. The first-order valence-electron chi connectivity index (χ1n) is 2.25. The van der Waals surface area contributed by atoms with Gasteiger partial charge in [0.25, 0.3) is 5.56 Å². The fourth-order valence-corrected chi connectivity index (χ4v) is 1.33. The molecular weight excluding hydrogens is 158 g/mol. The summed E-state index contributed by atoms with van der Waals surface area (Å²) in [6.07, 6.45) is 1.43. The summed E-state index contributed by atoms with van der Waals surface area (Å²) in [6.45, 7) is 3.42. The summed E-state index contributed by atoms with van der Waals surface area (Å²) >= 11 is 6.66. The molecule has 0 N–H and O–H groups in total. The lowest BCUT2D eigenvalue weighted by Gasteiger charge is -1.80. The van der Waals surface area contributed by atoms with Crippen molar-refractivity contribution in [3.05, 3.63) is 27.3 Å². The first-order chi connectivity index (χ1) is 4.24. The van der Waals surface area contributed by atoms with Crippen LogP contribution in [0.25, 0.3) is 6.20 Å². The van der Waals surface area contributed by atoms with E-state index in [2.05, 4.69) is 6.58 Å². The van der Waals surface area contributed by atoms with Crippen molar-refractivity contribution in [2.45, 2.75) is 0 Å². The third kappa shape index (κ3) is 1.23. The zero-order chi connectivity index (χ0) is 6.85. The Bertz CT molecular complexity index is 275. The van der Waals surface area contributed by atoms with Crippen molar-refractivity contribution < 1.29 is 0 Å². The number of hydrogen-bond donors (Lipinski definition) is 0. The van der Waals surface area contributed by atoms with Gasteiger partial charge in [-0.25, -0.2) is 3.96 Å². The van der Waals surface area contributed by atoms with Gasteiger partial charge in [-0.3, -0.25) is 4.79 Å². The molecule has 0 radical (unpaired) electrons. The highest BCUT2D eigenvalue weighted by molar-refractivity contribution is 7.11. The highest BCUT2D eigenvalue weighted by Gasteiger charge is 1.95. The Labute approximate surface area is 61.1 Å². The second-order valence-electron chi connectivity index (χ2n) is 1.39. The molecule has 0 saturated heterocycles. The number of aromatic nitrogens is 1. The van der Waals surface area contributed by atoms with Crippen LogP contribution < -0.4 is 5.56 Å². The fraction of sp³-hybridized carbons (Fsp3) is 0. The molecule has 0 aliphatic rings. The van der Waals surface area contributed by atoms with E-state index in [9.17, 15) is 4.79 Å². The van der Waals surface area contributed by atoms with Crippen molar-refractivity contribution in [3.8, 4) is 0 Å². The summed E-state index contributed by atoms with van der Waals surface area (Å²) in [5.74, 6) is 0. The molecule has 0 atom stereocenters. The lowest BCUT2D eigenvalue weighted by atomic mass is 10.7. The second-order valence-corrected chi connectivity index (χ2v) is 3.03. The van der Waals surface area contributed by atoms with Crippen LogP contribution >= 0.6 is 23.1 Å². The molecule has 0 aliphatic carbocycles. The van der Waals surface area contributed by atoms with Gasteiger partial charge in [0.1, 0.15) is 4.34 Å². The van der Waals surface area contributed by atoms with Crippen LogP contribution in [0, 0.1) is 0 Å². The SMILES string of the molecule is C=Cn1sc(Cl)cc1=O. The topological polar surface area (TPSA) is 22.0 Å². The van der Waals surface area contributed by atoms with E-state index in [0.717, 1.165) is 0 Å². The van der Waals surface area contributed by atoms with Crippen molar-refractivity contribution in [1.82, 2.24) is 3.96 Å². The number of halogens is 1. The molecule has 9 heavy (non-hydrogen) atoms. The average Bonchev–Trinajstić information content (AvgIpc) is 2.10. The van der Waals surface area contributed by atoms with E-state index in [1.165, 1.54) is 27.8 Å². The Morgan fingerprint density at radius 3 is 2.78 bits per heavy atom. The quantitative estimate of drug-likeness (QED) is 0.614. The van der Waals surface area contributed by atoms with E-state index in [1.54, 1.807) is 0 Å². The summed E-state index contributed by atoms with van der Waals surface area (Å²) in [7, 11) is 0. The summed E-state index contributed by atoms with van der Waals surface area (Å²) in [6, 6.07) is 1.36. The molecule has 1 heterocycles. The van der Waals surface area contributed by atoms with Crippen molar-refractivity contribution in [2.24, 2.45) is 0 Å². The van der Waals surface area contributed by atoms with Crippen LogP contribution in [0.4, 0.5) is 0 Å². The third-order valence-electron chi connectivity index (χ3n) is 0.806. The summed E-state index contributed by atoms with van der Waals surface area (Å²) < 4.78 is 1.85. The number of nitrogens with zero attached hydrogens (tertiary/aromatic N) is 1. The van der Waals surface area contributed by atoms with Crippen LogP contribution in [0.5, 0.6) is 0 Å². The van der Waals surface area contributed by atoms with E-state index in [0.29, 0.717) is 4.34 Å². The van der Waals surface area contributed by atoms with Crippen molar-refractivity contribution in [2.75, 3.05) is 0 Å². The van der Waals surface area contributed by atoms with E-state index >= 15 is 0 Å². The zero-order valence-corrected chi connectivity index (χ0v) is 6.08. The lowest BCUT2D eigenvalue weighted by Crippen LogP contribution is -2.04. The Balaban J connectivity index is 3.32. The normalized spacial score (nSPS) is 9.44. The van der Waals surface area contributed by atoms with Crippen LogP contribution in [0.1, 0.15) is 0 Å². The van der Waals surface area contributed by atoms with Gasteiger partial charge in [-0.15, -0.1) is 0 Å². The molecule has 0 bridgehead atoms. The maximum Gasteiger partial charge on any atom is 0.266 e. The molecule has 0 saturated carbocycles. The van der Waals surface area contributed by atoms with Crippen LogP contribution in [-0.2, 0) is 0 Å². The summed E-state index contributed by atoms with van der Waals surface area (Å²) in [5.41, 5.74) is -0.125. The number of hydrogen-bond acceptors (Lipinski definition) is 2. The van der Waals surface area contributed by atoms with Crippen molar-refractivity contribution in [3.63, 3.8) is 0 Å². The molecule has 1 aromatic rings. The minimum atomic E-state index is -0.125. The van der Waals surface area contributed by atoms with Gasteiger partial charge in [0.15, 0.2) is 0 Å². The molecule has 1 rings (SSSR count). The molecule has 1 aromatic heterocycles. The maximum absolute atomic E-state index is 10.7. The van der Waals surface area contributed by atoms with Crippen LogP contribution in [0.2, 0.25) is 4.34 Å². The smallest absolute Gasteiger partial charge is 0.266 e. The highest BCUT2D eigenvalue weighted by Crippen LogP contribution is 2.11. The monoisotopic (exact) mass is 161 g/mol. The molecule has 0 amide bonds. The Morgan fingerprint density at radius 2 is 2.56 bits per heavy atom. The molecule has 0 spiro atoms. The maximum atomic E-state index is 10.7. The predicted octanol–water partition coefficient (Wildman–Crippen LogP) is 1.66. The first-order valence-corrected chi connectivity index (χ1v) is 3.40. The Morgan fingerprint density at radius 1 is 1.89 bits per heavy atom. The van der Waals surface area contributed by atoms with Gasteiger partial charge in [0, 0.05) is 12.3 Å². The minimum absolute atomic E-state index is 0.125. The van der Waals surface area contributed by atoms with Crippen molar-refractivity contribution in [1.29, 1.82) is 0 Å².